The molecule has 0 atom stereocenters. The van der Waals surface area contributed by atoms with Crippen LogP contribution in [0.25, 0.3) is 0 Å². The van der Waals surface area contributed by atoms with Gasteiger partial charge in [0.15, 0.2) is 0 Å². The summed E-state index contributed by atoms with van der Waals surface area (Å²) in [6.45, 7) is 7.66. The molecule has 0 bridgehead atoms. The predicted octanol–water partition coefficient (Wildman–Crippen LogP) is 4.34. The maximum Gasteiger partial charge on any atom is 0.225 e. The summed E-state index contributed by atoms with van der Waals surface area (Å²) >= 11 is 1.81. The minimum absolute atomic E-state index is 0.393. The van der Waals surface area contributed by atoms with E-state index in [1.54, 1.807) is 17.8 Å². The van der Waals surface area contributed by atoms with Gasteiger partial charge in [0, 0.05) is 42.4 Å². The van der Waals surface area contributed by atoms with E-state index in [4.69, 9.17) is 9.15 Å². The topological polar surface area (TPSA) is 76.3 Å². The standard InChI is InChI=1S/C24H31N5O2S/c1-5-11-30-23-20(13-19-7-6-18(2)26-14-19)15-27-24(28-23)25-10-12-32-17-22-9-8-21(31-22)16-29(3)4/h5-9,14-15H,1,10-13,16-17H2,2-4H3,(H,25,27,28). The predicted molar refractivity (Wildman–Crippen MR) is 130 cm³/mol. The first-order valence-electron chi connectivity index (χ1n) is 10.6. The average molecular weight is 454 g/mol. The van der Waals surface area contributed by atoms with E-state index in [9.17, 15) is 0 Å². The van der Waals surface area contributed by atoms with Crippen LogP contribution in [0.1, 0.15) is 28.3 Å². The number of pyridine rings is 1. The fourth-order valence-electron chi connectivity index (χ4n) is 2.99. The van der Waals surface area contributed by atoms with Gasteiger partial charge in [-0.25, -0.2) is 4.98 Å². The molecule has 3 rings (SSSR count). The third-order valence-corrected chi connectivity index (χ3v) is 5.47. The van der Waals surface area contributed by atoms with Gasteiger partial charge >= 0.3 is 0 Å². The molecule has 0 saturated carbocycles. The van der Waals surface area contributed by atoms with E-state index >= 15 is 0 Å². The van der Waals surface area contributed by atoms with Crippen LogP contribution < -0.4 is 10.1 Å². The van der Waals surface area contributed by atoms with Gasteiger partial charge < -0.3 is 19.4 Å². The summed E-state index contributed by atoms with van der Waals surface area (Å²) in [5.41, 5.74) is 3.00. The fourth-order valence-corrected chi connectivity index (χ4v) is 3.73. The van der Waals surface area contributed by atoms with Crippen LogP contribution in [0.4, 0.5) is 5.95 Å². The van der Waals surface area contributed by atoms with Gasteiger partial charge in [-0.15, -0.1) is 0 Å². The molecule has 8 heteroatoms. The number of nitrogens with zero attached hydrogens (tertiary/aromatic N) is 4. The second kappa shape index (κ2) is 12.3. The van der Waals surface area contributed by atoms with E-state index in [2.05, 4.69) is 37.8 Å². The van der Waals surface area contributed by atoms with Crippen LogP contribution in [0.5, 0.6) is 5.88 Å². The molecule has 0 aromatic carbocycles. The second-order valence-electron chi connectivity index (χ2n) is 7.69. The molecule has 0 saturated heterocycles. The number of hydrogen-bond acceptors (Lipinski definition) is 8. The first kappa shape index (κ1) is 23.8. The molecule has 0 aliphatic heterocycles. The van der Waals surface area contributed by atoms with Crippen molar-refractivity contribution >= 4 is 17.7 Å². The van der Waals surface area contributed by atoms with Gasteiger partial charge in [0.1, 0.15) is 18.1 Å². The average Bonchev–Trinajstić information content (AvgIpc) is 3.21. The highest BCUT2D eigenvalue weighted by molar-refractivity contribution is 7.98. The molecular formula is C24H31N5O2S. The van der Waals surface area contributed by atoms with Gasteiger partial charge in [-0.2, -0.15) is 16.7 Å². The van der Waals surface area contributed by atoms with Crippen LogP contribution in [0.15, 0.2) is 53.7 Å². The molecule has 0 aliphatic carbocycles. The van der Waals surface area contributed by atoms with Crippen molar-refractivity contribution in [1.29, 1.82) is 0 Å². The van der Waals surface area contributed by atoms with Gasteiger partial charge in [0.2, 0.25) is 11.8 Å². The largest absolute Gasteiger partial charge is 0.473 e. The Bertz CT molecular complexity index is 988. The summed E-state index contributed by atoms with van der Waals surface area (Å²) in [6.07, 6.45) is 6.06. The molecular weight excluding hydrogens is 422 g/mol. The number of ether oxygens (including phenoxy) is 1. The summed E-state index contributed by atoms with van der Waals surface area (Å²) < 4.78 is 11.6. The van der Waals surface area contributed by atoms with Gasteiger partial charge in [-0.3, -0.25) is 4.98 Å². The lowest BCUT2D eigenvalue weighted by Gasteiger charge is -2.11. The van der Waals surface area contributed by atoms with Crippen molar-refractivity contribution in [2.24, 2.45) is 0 Å². The number of thioether (sulfide) groups is 1. The molecule has 0 spiro atoms. The third kappa shape index (κ3) is 7.69. The monoisotopic (exact) mass is 453 g/mol. The van der Waals surface area contributed by atoms with E-state index in [-0.39, 0.29) is 0 Å². The molecule has 1 N–H and O–H groups in total. The van der Waals surface area contributed by atoms with Crippen LogP contribution in [0.2, 0.25) is 0 Å². The second-order valence-corrected chi connectivity index (χ2v) is 8.80. The highest BCUT2D eigenvalue weighted by Crippen LogP contribution is 2.21. The van der Waals surface area contributed by atoms with Crippen molar-refractivity contribution < 1.29 is 9.15 Å². The van der Waals surface area contributed by atoms with Gasteiger partial charge in [0.25, 0.3) is 0 Å². The van der Waals surface area contributed by atoms with Gasteiger partial charge in [0.05, 0.1) is 12.3 Å². The van der Waals surface area contributed by atoms with Crippen molar-refractivity contribution in [3.63, 3.8) is 0 Å². The first-order valence-corrected chi connectivity index (χ1v) is 11.7. The van der Waals surface area contributed by atoms with Crippen molar-refractivity contribution in [2.75, 3.05) is 38.3 Å². The van der Waals surface area contributed by atoms with Crippen molar-refractivity contribution in [2.45, 2.75) is 25.6 Å². The SMILES string of the molecule is C=CCOc1nc(NCCSCc2ccc(CN(C)C)o2)ncc1Cc1ccc(C)nc1. The van der Waals surface area contributed by atoms with Gasteiger partial charge in [-0.1, -0.05) is 18.7 Å². The summed E-state index contributed by atoms with van der Waals surface area (Å²) in [5.74, 6) is 4.87. The fraction of sp³-hybridized carbons (Fsp3) is 0.375. The lowest BCUT2D eigenvalue weighted by atomic mass is 10.1. The van der Waals surface area contributed by atoms with Gasteiger partial charge in [-0.05, 0) is 44.8 Å². The number of rotatable bonds is 13. The summed E-state index contributed by atoms with van der Waals surface area (Å²) in [6, 6.07) is 8.15. The maximum absolute atomic E-state index is 5.84. The molecule has 32 heavy (non-hydrogen) atoms. The Balaban J connectivity index is 1.50. The summed E-state index contributed by atoms with van der Waals surface area (Å²) in [7, 11) is 4.07. The Hall–Kier alpha value is -2.84. The van der Waals surface area contributed by atoms with E-state index in [0.29, 0.717) is 24.9 Å². The summed E-state index contributed by atoms with van der Waals surface area (Å²) in [4.78, 5) is 15.5. The third-order valence-electron chi connectivity index (χ3n) is 4.49. The van der Waals surface area contributed by atoms with E-state index in [0.717, 1.165) is 52.9 Å². The maximum atomic E-state index is 5.84. The number of aromatic nitrogens is 3. The highest BCUT2D eigenvalue weighted by atomic mass is 32.2. The molecule has 0 fully saturated rings. The Kier molecular flexibility index (Phi) is 9.13. The molecule has 3 heterocycles. The zero-order chi connectivity index (χ0) is 22.8. The molecule has 0 aliphatic rings. The number of furan rings is 1. The normalized spacial score (nSPS) is 11.0. The lowest BCUT2D eigenvalue weighted by Crippen LogP contribution is -2.10. The number of aryl methyl sites for hydroxylation is 1. The zero-order valence-corrected chi connectivity index (χ0v) is 19.8. The molecule has 7 nitrogen and oxygen atoms in total. The number of anilines is 1. The van der Waals surface area contributed by atoms with Crippen molar-refractivity contribution in [1.82, 2.24) is 19.9 Å². The molecule has 170 valence electrons. The quantitative estimate of drug-likeness (QED) is 0.303. The summed E-state index contributed by atoms with van der Waals surface area (Å²) in [5, 5.41) is 3.28. The molecule has 0 unspecified atom stereocenters. The zero-order valence-electron chi connectivity index (χ0n) is 19.0. The van der Waals surface area contributed by atoms with Crippen LogP contribution in [0, 0.1) is 6.92 Å². The van der Waals surface area contributed by atoms with Crippen LogP contribution in [-0.4, -0.2) is 52.9 Å². The van der Waals surface area contributed by atoms with E-state index in [1.807, 2.05) is 51.6 Å². The highest BCUT2D eigenvalue weighted by Gasteiger charge is 2.10. The van der Waals surface area contributed by atoms with E-state index < -0.39 is 0 Å². The van der Waals surface area contributed by atoms with Crippen molar-refractivity contribution in [3.05, 3.63) is 77.7 Å². The smallest absolute Gasteiger partial charge is 0.225 e. The molecule has 3 aromatic rings. The minimum Gasteiger partial charge on any atom is -0.473 e. The molecule has 0 radical (unpaired) electrons. The Labute approximate surface area is 194 Å². The number of hydrogen-bond donors (Lipinski definition) is 1. The van der Waals surface area contributed by atoms with Crippen LogP contribution in [0.3, 0.4) is 0 Å². The van der Waals surface area contributed by atoms with Crippen LogP contribution in [-0.2, 0) is 18.7 Å². The van der Waals surface area contributed by atoms with Crippen LogP contribution >= 0.6 is 11.8 Å². The van der Waals surface area contributed by atoms with Crippen molar-refractivity contribution in [3.8, 4) is 5.88 Å². The molecule has 3 aromatic heterocycles. The Morgan fingerprint density at radius 3 is 2.75 bits per heavy atom. The Morgan fingerprint density at radius 2 is 2.00 bits per heavy atom. The molecule has 0 amide bonds. The minimum atomic E-state index is 0.393. The van der Waals surface area contributed by atoms with E-state index in [1.165, 1.54) is 0 Å². The first-order chi connectivity index (χ1) is 15.5. The Morgan fingerprint density at radius 1 is 1.16 bits per heavy atom. The lowest BCUT2D eigenvalue weighted by molar-refractivity contribution is 0.344. The number of nitrogens with one attached hydrogen (secondary N) is 1.